The molecule has 1 aliphatic heterocycles. The Morgan fingerprint density at radius 2 is 1.83 bits per heavy atom. The first kappa shape index (κ1) is 16.9. The zero-order chi connectivity index (χ0) is 16.9. The molecule has 0 aromatic carbocycles. The molecule has 0 bridgehead atoms. The van der Waals surface area contributed by atoms with Crippen molar-refractivity contribution in [1.29, 1.82) is 0 Å². The summed E-state index contributed by atoms with van der Waals surface area (Å²) in [6.45, 7) is 3.49. The summed E-state index contributed by atoms with van der Waals surface area (Å²) in [4.78, 5) is 30.7. The van der Waals surface area contributed by atoms with Gasteiger partial charge in [0.2, 0.25) is 11.8 Å². The first-order valence-electron chi connectivity index (χ1n) is 9.11. The van der Waals surface area contributed by atoms with Gasteiger partial charge in [-0.2, -0.15) is 0 Å². The van der Waals surface area contributed by atoms with Crippen molar-refractivity contribution in [2.24, 2.45) is 11.8 Å². The van der Waals surface area contributed by atoms with Crippen molar-refractivity contribution in [2.45, 2.75) is 51.5 Å². The van der Waals surface area contributed by atoms with E-state index in [4.69, 9.17) is 0 Å². The fourth-order valence-corrected chi connectivity index (χ4v) is 3.56. The van der Waals surface area contributed by atoms with Crippen LogP contribution < -0.4 is 5.32 Å². The van der Waals surface area contributed by atoms with Gasteiger partial charge < -0.3 is 10.2 Å². The van der Waals surface area contributed by atoms with Crippen molar-refractivity contribution >= 4 is 11.8 Å². The summed E-state index contributed by atoms with van der Waals surface area (Å²) in [6.07, 6.45) is 9.21. The van der Waals surface area contributed by atoms with E-state index >= 15 is 0 Å². The first-order chi connectivity index (χ1) is 11.6. The second-order valence-corrected chi connectivity index (χ2v) is 7.20. The van der Waals surface area contributed by atoms with Crippen molar-refractivity contribution in [3.05, 3.63) is 30.1 Å². The van der Waals surface area contributed by atoms with E-state index in [1.807, 2.05) is 24.0 Å². The summed E-state index contributed by atoms with van der Waals surface area (Å²) >= 11 is 0. The highest BCUT2D eigenvalue weighted by Crippen LogP contribution is 2.30. The molecule has 0 unspecified atom stereocenters. The molecule has 2 amide bonds. The van der Waals surface area contributed by atoms with Crippen molar-refractivity contribution in [2.75, 3.05) is 13.1 Å². The molecule has 0 spiro atoms. The maximum absolute atomic E-state index is 12.4. The summed E-state index contributed by atoms with van der Waals surface area (Å²) in [7, 11) is 0. The Hall–Kier alpha value is -1.91. The number of aromatic nitrogens is 1. The van der Waals surface area contributed by atoms with Crippen molar-refractivity contribution in [3.63, 3.8) is 0 Å². The molecule has 1 aromatic heterocycles. The van der Waals surface area contributed by atoms with E-state index in [1.54, 1.807) is 12.4 Å². The fraction of sp³-hybridized carbons (Fsp3) is 0.632. The standard InChI is InChI=1S/C19H27N3O2/c1-14(13-15-5-9-20-10-6-15)21-18(23)16-7-11-22(12-8-16)19(24)17-3-2-4-17/h5-6,9-10,14,16-17H,2-4,7-8,11-13H2,1H3,(H,21,23)/t14-/m1/s1. The van der Waals surface area contributed by atoms with E-state index in [-0.39, 0.29) is 23.8 Å². The number of amides is 2. The van der Waals surface area contributed by atoms with Crippen LogP contribution in [0.3, 0.4) is 0 Å². The number of likely N-dealkylation sites (tertiary alicyclic amines) is 1. The van der Waals surface area contributed by atoms with Crippen LogP contribution in [0.1, 0.15) is 44.6 Å². The summed E-state index contributed by atoms with van der Waals surface area (Å²) in [5, 5.41) is 3.12. The van der Waals surface area contributed by atoms with Gasteiger partial charge >= 0.3 is 0 Å². The van der Waals surface area contributed by atoms with Gasteiger partial charge in [-0.15, -0.1) is 0 Å². The molecule has 5 nitrogen and oxygen atoms in total. The molecule has 0 radical (unpaired) electrons. The van der Waals surface area contributed by atoms with E-state index in [0.717, 1.165) is 45.2 Å². The third-order valence-electron chi connectivity index (χ3n) is 5.31. The Balaban J connectivity index is 1.42. The van der Waals surface area contributed by atoms with Crippen molar-refractivity contribution < 1.29 is 9.59 Å². The second-order valence-electron chi connectivity index (χ2n) is 7.20. The normalized spacial score (nSPS) is 20.3. The molecule has 2 fully saturated rings. The minimum Gasteiger partial charge on any atom is -0.353 e. The van der Waals surface area contributed by atoms with Crippen molar-refractivity contribution in [1.82, 2.24) is 15.2 Å². The molecule has 3 rings (SSSR count). The molecule has 1 N–H and O–H groups in total. The number of piperidine rings is 1. The fourth-order valence-electron chi connectivity index (χ4n) is 3.56. The average molecular weight is 329 g/mol. The maximum Gasteiger partial charge on any atom is 0.225 e. The highest BCUT2D eigenvalue weighted by atomic mass is 16.2. The summed E-state index contributed by atoms with van der Waals surface area (Å²) < 4.78 is 0. The van der Waals surface area contributed by atoms with Gasteiger partial charge in [0, 0.05) is 43.4 Å². The number of hydrogen-bond acceptors (Lipinski definition) is 3. The van der Waals surface area contributed by atoms with Crippen LogP contribution in [0, 0.1) is 11.8 Å². The Morgan fingerprint density at radius 1 is 1.17 bits per heavy atom. The van der Waals surface area contributed by atoms with Crippen LogP contribution in [0.4, 0.5) is 0 Å². The first-order valence-corrected chi connectivity index (χ1v) is 9.11. The number of hydrogen-bond donors (Lipinski definition) is 1. The molecule has 1 saturated heterocycles. The Labute approximate surface area is 143 Å². The highest BCUT2D eigenvalue weighted by Gasteiger charge is 2.33. The lowest BCUT2D eigenvalue weighted by molar-refractivity contribution is -0.141. The highest BCUT2D eigenvalue weighted by molar-refractivity contribution is 5.81. The van der Waals surface area contributed by atoms with Crippen LogP contribution in [-0.4, -0.2) is 40.8 Å². The number of nitrogens with zero attached hydrogens (tertiary/aromatic N) is 2. The molecular formula is C19H27N3O2. The van der Waals surface area contributed by atoms with Gasteiger partial charge in [-0.05, 0) is 56.7 Å². The van der Waals surface area contributed by atoms with Gasteiger partial charge in [0.25, 0.3) is 0 Å². The zero-order valence-electron chi connectivity index (χ0n) is 14.4. The third kappa shape index (κ3) is 4.13. The number of carbonyl (C=O) groups excluding carboxylic acids is 2. The van der Waals surface area contributed by atoms with Gasteiger partial charge in [-0.25, -0.2) is 0 Å². The molecule has 24 heavy (non-hydrogen) atoms. The monoisotopic (exact) mass is 329 g/mol. The van der Waals surface area contributed by atoms with Gasteiger partial charge in [0.1, 0.15) is 0 Å². The smallest absolute Gasteiger partial charge is 0.225 e. The number of nitrogens with one attached hydrogen (secondary N) is 1. The van der Waals surface area contributed by atoms with E-state index in [2.05, 4.69) is 10.3 Å². The lowest BCUT2D eigenvalue weighted by Gasteiger charge is -2.36. The lowest BCUT2D eigenvalue weighted by atomic mass is 9.83. The van der Waals surface area contributed by atoms with Crippen LogP contribution in [0.2, 0.25) is 0 Å². The second kappa shape index (κ2) is 7.77. The van der Waals surface area contributed by atoms with E-state index < -0.39 is 0 Å². The maximum atomic E-state index is 12.4. The largest absolute Gasteiger partial charge is 0.353 e. The lowest BCUT2D eigenvalue weighted by Crippen LogP contribution is -2.47. The molecule has 2 heterocycles. The van der Waals surface area contributed by atoms with Crippen LogP contribution in [0.15, 0.2) is 24.5 Å². The number of pyridine rings is 1. The molecule has 1 aromatic rings. The topological polar surface area (TPSA) is 62.3 Å². The molecule has 1 atom stereocenters. The van der Waals surface area contributed by atoms with Gasteiger partial charge in [0.15, 0.2) is 0 Å². The van der Waals surface area contributed by atoms with E-state index in [0.29, 0.717) is 5.91 Å². The van der Waals surface area contributed by atoms with Crippen molar-refractivity contribution in [3.8, 4) is 0 Å². The average Bonchev–Trinajstić information content (AvgIpc) is 2.54. The minimum absolute atomic E-state index is 0.0373. The predicted octanol–water partition coefficient (Wildman–Crippen LogP) is 2.17. The molecular weight excluding hydrogens is 302 g/mol. The zero-order valence-corrected chi connectivity index (χ0v) is 14.4. The molecule has 1 saturated carbocycles. The quantitative estimate of drug-likeness (QED) is 0.900. The summed E-state index contributed by atoms with van der Waals surface area (Å²) in [6, 6.07) is 4.06. The Morgan fingerprint density at radius 3 is 2.42 bits per heavy atom. The third-order valence-corrected chi connectivity index (χ3v) is 5.31. The van der Waals surface area contributed by atoms with Gasteiger partial charge in [-0.3, -0.25) is 14.6 Å². The van der Waals surface area contributed by atoms with Crippen LogP contribution >= 0.6 is 0 Å². The molecule has 5 heteroatoms. The number of carbonyl (C=O) groups is 2. The SMILES string of the molecule is C[C@H](Cc1ccncc1)NC(=O)C1CCN(C(=O)C2CCC2)CC1. The van der Waals surface area contributed by atoms with Gasteiger partial charge in [-0.1, -0.05) is 6.42 Å². The predicted molar refractivity (Wildman–Crippen MR) is 92.2 cm³/mol. The van der Waals surface area contributed by atoms with E-state index in [1.165, 1.54) is 12.0 Å². The summed E-state index contributed by atoms with van der Waals surface area (Å²) in [5.74, 6) is 0.740. The van der Waals surface area contributed by atoms with Crippen LogP contribution in [0.25, 0.3) is 0 Å². The Kier molecular flexibility index (Phi) is 5.48. The van der Waals surface area contributed by atoms with E-state index in [9.17, 15) is 9.59 Å². The van der Waals surface area contributed by atoms with Crippen LogP contribution in [0.5, 0.6) is 0 Å². The van der Waals surface area contributed by atoms with Crippen LogP contribution in [-0.2, 0) is 16.0 Å². The van der Waals surface area contributed by atoms with Gasteiger partial charge in [0.05, 0.1) is 0 Å². The Bertz CT molecular complexity index is 563. The molecule has 1 aliphatic carbocycles. The number of rotatable bonds is 5. The molecule has 2 aliphatic rings. The summed E-state index contributed by atoms with van der Waals surface area (Å²) in [5.41, 5.74) is 1.18. The minimum atomic E-state index is 0.0373. The molecule has 130 valence electrons.